The highest BCUT2D eigenvalue weighted by atomic mass is 16.8. The number of imide groups is 1. The number of allylic oxidation sites excluding steroid dienone is 1. The number of nitrogens with zero attached hydrogens (tertiary/aromatic N) is 1. The third-order valence-electron chi connectivity index (χ3n) is 2.41. The molecule has 1 rings (SSSR count). The summed E-state index contributed by atoms with van der Waals surface area (Å²) in [6, 6.07) is 0. The van der Waals surface area contributed by atoms with Crippen LogP contribution in [0.5, 0.6) is 0 Å². The Hall–Kier alpha value is -1.85. The van der Waals surface area contributed by atoms with E-state index in [0.717, 1.165) is 6.42 Å². The summed E-state index contributed by atoms with van der Waals surface area (Å²) < 4.78 is 4.97. The fourth-order valence-corrected chi connectivity index (χ4v) is 1.42. The van der Waals surface area contributed by atoms with Crippen LogP contribution in [0.2, 0.25) is 0 Å². The molecule has 0 spiro atoms. The van der Waals surface area contributed by atoms with Crippen molar-refractivity contribution >= 4 is 18.0 Å². The van der Waals surface area contributed by atoms with Crippen molar-refractivity contribution in [3.8, 4) is 0 Å². The Morgan fingerprint density at radius 3 is 2.44 bits per heavy atom. The van der Waals surface area contributed by atoms with Gasteiger partial charge in [-0.15, -0.1) is 0 Å². The molecule has 100 valence electrons. The van der Waals surface area contributed by atoms with Crippen molar-refractivity contribution in [2.45, 2.75) is 45.6 Å². The smallest absolute Gasteiger partial charge is 0.425 e. The van der Waals surface area contributed by atoms with E-state index in [9.17, 15) is 14.4 Å². The van der Waals surface area contributed by atoms with Crippen LogP contribution in [0.25, 0.3) is 0 Å². The molecule has 0 bridgehead atoms. The Balaban J connectivity index is 2.47. The molecular formula is C12H17NO5. The molecule has 1 atom stereocenters. The van der Waals surface area contributed by atoms with Crippen LogP contribution in [0.1, 0.15) is 39.5 Å². The molecule has 0 aromatic rings. The standard InChI is InChI=1S/C12H17NO5/c1-3-5-6-9(4-2)17-12(16)18-13-10(14)7-8-11(13)15/h5-6,9H,3-4,7-8H2,1-2H3/b6-5+. The second kappa shape index (κ2) is 6.78. The van der Waals surface area contributed by atoms with Crippen LogP contribution < -0.4 is 0 Å². The molecular weight excluding hydrogens is 238 g/mol. The number of hydroxylamine groups is 2. The van der Waals surface area contributed by atoms with E-state index < -0.39 is 24.1 Å². The fourth-order valence-electron chi connectivity index (χ4n) is 1.42. The summed E-state index contributed by atoms with van der Waals surface area (Å²) in [5.41, 5.74) is 0. The van der Waals surface area contributed by atoms with Gasteiger partial charge in [-0.1, -0.05) is 25.0 Å². The number of ether oxygens (including phenoxy) is 1. The lowest BCUT2D eigenvalue weighted by molar-refractivity contribution is -0.178. The number of carbonyl (C=O) groups is 3. The van der Waals surface area contributed by atoms with E-state index in [-0.39, 0.29) is 12.8 Å². The predicted octanol–water partition coefficient (Wildman–Crippen LogP) is 1.95. The van der Waals surface area contributed by atoms with Crippen LogP contribution in [-0.2, 0) is 19.2 Å². The van der Waals surface area contributed by atoms with Crippen molar-refractivity contribution in [1.82, 2.24) is 5.06 Å². The molecule has 6 heteroatoms. The number of carbonyl (C=O) groups excluding carboxylic acids is 3. The maximum atomic E-state index is 11.4. The highest BCUT2D eigenvalue weighted by molar-refractivity contribution is 6.01. The molecule has 0 aromatic carbocycles. The highest BCUT2D eigenvalue weighted by Crippen LogP contribution is 2.13. The lowest BCUT2D eigenvalue weighted by Crippen LogP contribution is -2.33. The summed E-state index contributed by atoms with van der Waals surface area (Å²) in [6.07, 6.45) is 3.72. The van der Waals surface area contributed by atoms with Gasteiger partial charge in [0.1, 0.15) is 6.10 Å². The van der Waals surface area contributed by atoms with Gasteiger partial charge in [0.15, 0.2) is 0 Å². The van der Waals surface area contributed by atoms with Crippen molar-refractivity contribution in [3.63, 3.8) is 0 Å². The molecule has 1 aliphatic heterocycles. The number of amides is 2. The van der Waals surface area contributed by atoms with E-state index in [1.165, 1.54) is 0 Å². The quantitative estimate of drug-likeness (QED) is 0.426. The molecule has 0 saturated carbocycles. The molecule has 0 N–H and O–H groups in total. The molecule has 0 aromatic heterocycles. The average Bonchev–Trinajstić information content (AvgIpc) is 2.66. The number of hydrogen-bond donors (Lipinski definition) is 0. The second-order valence-corrected chi connectivity index (χ2v) is 3.82. The van der Waals surface area contributed by atoms with E-state index in [1.807, 2.05) is 19.9 Å². The summed E-state index contributed by atoms with van der Waals surface area (Å²) in [4.78, 5) is 38.4. The van der Waals surface area contributed by atoms with Gasteiger partial charge in [0.25, 0.3) is 11.8 Å². The summed E-state index contributed by atoms with van der Waals surface area (Å²) in [6.45, 7) is 3.81. The molecule has 2 amide bonds. The minimum absolute atomic E-state index is 0.0685. The Kier molecular flexibility index (Phi) is 5.35. The van der Waals surface area contributed by atoms with Gasteiger partial charge >= 0.3 is 6.16 Å². The van der Waals surface area contributed by atoms with E-state index >= 15 is 0 Å². The molecule has 1 saturated heterocycles. The lowest BCUT2D eigenvalue weighted by Gasteiger charge is -2.15. The average molecular weight is 255 g/mol. The van der Waals surface area contributed by atoms with Crippen LogP contribution in [0.3, 0.4) is 0 Å². The van der Waals surface area contributed by atoms with Crippen molar-refractivity contribution in [3.05, 3.63) is 12.2 Å². The molecule has 1 aliphatic rings. The molecule has 1 heterocycles. The first-order chi connectivity index (χ1) is 8.58. The van der Waals surface area contributed by atoms with E-state index in [4.69, 9.17) is 4.74 Å². The highest BCUT2D eigenvalue weighted by Gasteiger charge is 2.33. The largest absolute Gasteiger partial charge is 0.534 e. The van der Waals surface area contributed by atoms with Gasteiger partial charge in [-0.3, -0.25) is 14.4 Å². The Labute approximate surface area is 105 Å². The maximum absolute atomic E-state index is 11.4. The van der Waals surface area contributed by atoms with E-state index in [2.05, 4.69) is 4.84 Å². The zero-order valence-electron chi connectivity index (χ0n) is 10.5. The molecule has 18 heavy (non-hydrogen) atoms. The van der Waals surface area contributed by atoms with Gasteiger partial charge in [-0.05, 0) is 18.9 Å². The predicted molar refractivity (Wildman–Crippen MR) is 62.2 cm³/mol. The van der Waals surface area contributed by atoms with Gasteiger partial charge < -0.3 is 4.74 Å². The normalized spacial score (nSPS) is 17.3. The summed E-state index contributed by atoms with van der Waals surface area (Å²) in [7, 11) is 0. The van der Waals surface area contributed by atoms with Gasteiger partial charge in [0, 0.05) is 12.8 Å². The Morgan fingerprint density at radius 1 is 1.33 bits per heavy atom. The Bertz CT molecular complexity index is 347. The second-order valence-electron chi connectivity index (χ2n) is 3.82. The summed E-state index contributed by atoms with van der Waals surface area (Å²) >= 11 is 0. The number of hydrogen-bond acceptors (Lipinski definition) is 5. The summed E-state index contributed by atoms with van der Waals surface area (Å²) in [5.74, 6) is -1.04. The van der Waals surface area contributed by atoms with Crippen molar-refractivity contribution in [1.29, 1.82) is 0 Å². The third kappa shape index (κ3) is 3.87. The minimum Gasteiger partial charge on any atom is -0.425 e. The first-order valence-corrected chi connectivity index (χ1v) is 5.99. The van der Waals surface area contributed by atoms with Crippen LogP contribution in [0.15, 0.2) is 12.2 Å². The van der Waals surface area contributed by atoms with E-state index in [0.29, 0.717) is 11.5 Å². The third-order valence-corrected chi connectivity index (χ3v) is 2.41. The van der Waals surface area contributed by atoms with Crippen LogP contribution in [0.4, 0.5) is 4.79 Å². The van der Waals surface area contributed by atoms with E-state index in [1.54, 1.807) is 6.08 Å². The molecule has 1 unspecified atom stereocenters. The molecule has 1 fully saturated rings. The first kappa shape index (κ1) is 14.2. The topological polar surface area (TPSA) is 72.9 Å². The van der Waals surface area contributed by atoms with Gasteiger partial charge in [-0.25, -0.2) is 4.79 Å². The number of rotatable bonds is 5. The Morgan fingerprint density at radius 2 is 1.94 bits per heavy atom. The van der Waals surface area contributed by atoms with Gasteiger partial charge in [-0.2, -0.15) is 0 Å². The SMILES string of the molecule is CC/C=C/C(CC)OC(=O)ON1C(=O)CCC1=O. The summed E-state index contributed by atoms with van der Waals surface area (Å²) in [5, 5.41) is 0.471. The van der Waals surface area contributed by atoms with Gasteiger partial charge in [0.05, 0.1) is 0 Å². The zero-order chi connectivity index (χ0) is 13.5. The molecule has 0 radical (unpaired) electrons. The monoisotopic (exact) mass is 255 g/mol. The first-order valence-electron chi connectivity index (χ1n) is 5.99. The van der Waals surface area contributed by atoms with Crippen LogP contribution >= 0.6 is 0 Å². The van der Waals surface area contributed by atoms with Crippen molar-refractivity contribution < 1.29 is 24.0 Å². The minimum atomic E-state index is -1.04. The maximum Gasteiger partial charge on any atom is 0.534 e. The fraction of sp³-hybridized carbons (Fsp3) is 0.583. The van der Waals surface area contributed by atoms with Crippen molar-refractivity contribution in [2.24, 2.45) is 0 Å². The molecule has 6 nitrogen and oxygen atoms in total. The lowest BCUT2D eigenvalue weighted by atomic mass is 10.2. The van der Waals surface area contributed by atoms with Crippen molar-refractivity contribution in [2.75, 3.05) is 0 Å². The van der Waals surface area contributed by atoms with Gasteiger partial charge in [0.2, 0.25) is 0 Å². The van der Waals surface area contributed by atoms with Crippen LogP contribution in [0, 0.1) is 0 Å². The zero-order valence-corrected chi connectivity index (χ0v) is 10.5. The van der Waals surface area contributed by atoms with Crippen LogP contribution in [-0.4, -0.2) is 29.1 Å². The molecule has 0 aliphatic carbocycles.